The van der Waals surface area contributed by atoms with Gasteiger partial charge in [0.15, 0.2) is 5.82 Å². The van der Waals surface area contributed by atoms with Gasteiger partial charge >= 0.3 is 0 Å². The van der Waals surface area contributed by atoms with Crippen LogP contribution in [0.15, 0.2) is 6.33 Å². The highest BCUT2D eigenvalue weighted by molar-refractivity contribution is 5.54. The second kappa shape index (κ2) is 5.86. The number of methoxy groups -OCH3 is 1. The number of nitrogens with zero attached hydrogens (tertiary/aromatic N) is 2. The van der Waals surface area contributed by atoms with Crippen molar-refractivity contribution in [2.75, 3.05) is 12.5 Å². The Hall–Kier alpha value is -1.56. The van der Waals surface area contributed by atoms with Gasteiger partial charge in [0.25, 0.3) is 5.88 Å². The number of rotatable bonds is 4. The van der Waals surface area contributed by atoms with Gasteiger partial charge < -0.3 is 14.9 Å². The molecular weight excluding hydrogens is 232 g/mol. The van der Waals surface area contributed by atoms with E-state index in [1.807, 2.05) is 0 Å². The van der Waals surface area contributed by atoms with E-state index in [-0.39, 0.29) is 6.10 Å². The second-order valence-electron chi connectivity index (χ2n) is 4.70. The zero-order valence-corrected chi connectivity index (χ0v) is 10.8. The maximum Gasteiger partial charge on any atom is 0.262 e. The van der Waals surface area contributed by atoms with E-state index in [1.54, 1.807) is 7.11 Å². The number of anilines is 1. The Morgan fingerprint density at radius 3 is 2.61 bits per heavy atom. The monoisotopic (exact) mass is 252 g/mol. The van der Waals surface area contributed by atoms with Gasteiger partial charge in [-0.3, -0.25) is 0 Å². The van der Waals surface area contributed by atoms with E-state index in [4.69, 9.17) is 15.3 Å². The summed E-state index contributed by atoms with van der Waals surface area (Å²) >= 11 is 0. The molecule has 0 aromatic carbocycles. The van der Waals surface area contributed by atoms with Crippen molar-refractivity contribution in [2.24, 2.45) is 11.8 Å². The van der Waals surface area contributed by atoms with Gasteiger partial charge in [0.05, 0.1) is 7.11 Å². The molecule has 1 fully saturated rings. The zero-order chi connectivity index (χ0) is 13.0. The van der Waals surface area contributed by atoms with Crippen molar-refractivity contribution in [1.29, 1.82) is 0 Å². The molecule has 0 aliphatic heterocycles. The highest BCUT2D eigenvalue weighted by atomic mass is 16.5. The van der Waals surface area contributed by atoms with Gasteiger partial charge in [-0.15, -0.1) is 0 Å². The number of aromatic nitrogens is 2. The van der Waals surface area contributed by atoms with Crippen molar-refractivity contribution in [3.8, 4) is 11.6 Å². The lowest BCUT2D eigenvalue weighted by atomic mass is 9.89. The molecule has 18 heavy (non-hydrogen) atoms. The van der Waals surface area contributed by atoms with Gasteiger partial charge in [-0.2, -0.15) is 4.98 Å². The highest BCUT2D eigenvalue weighted by Crippen LogP contribution is 2.33. The predicted octanol–water partition coefficient (Wildman–Crippen LogP) is 1.73. The molecule has 0 saturated heterocycles. The third-order valence-corrected chi connectivity index (χ3v) is 3.35. The summed E-state index contributed by atoms with van der Waals surface area (Å²) in [6.45, 7) is 2.28. The summed E-state index contributed by atoms with van der Waals surface area (Å²) in [5.41, 5.74) is 2.48. The molecule has 0 atom stereocenters. The van der Waals surface area contributed by atoms with Crippen LogP contribution in [0.5, 0.6) is 11.6 Å². The minimum atomic E-state index is 0.204. The standard InChI is InChI=1S/C12H20N4O2/c1-8-3-5-9(6-4-8)18-12-10(17-2)11(16-13)14-7-15-12/h7-9H,3-6,13H2,1-2H3,(H,14,15,16). The van der Waals surface area contributed by atoms with Gasteiger partial charge in [0.1, 0.15) is 12.4 Å². The zero-order valence-electron chi connectivity index (χ0n) is 10.8. The van der Waals surface area contributed by atoms with Crippen LogP contribution in [-0.4, -0.2) is 23.2 Å². The van der Waals surface area contributed by atoms with Crippen LogP contribution >= 0.6 is 0 Å². The third-order valence-electron chi connectivity index (χ3n) is 3.35. The van der Waals surface area contributed by atoms with Crippen LogP contribution in [0.25, 0.3) is 0 Å². The maximum atomic E-state index is 5.90. The smallest absolute Gasteiger partial charge is 0.262 e. The first-order valence-corrected chi connectivity index (χ1v) is 6.26. The van der Waals surface area contributed by atoms with Crippen molar-refractivity contribution in [1.82, 2.24) is 9.97 Å². The molecule has 1 aromatic heterocycles. The lowest BCUT2D eigenvalue weighted by Crippen LogP contribution is -2.24. The maximum absolute atomic E-state index is 5.90. The van der Waals surface area contributed by atoms with E-state index >= 15 is 0 Å². The Morgan fingerprint density at radius 2 is 2.00 bits per heavy atom. The van der Waals surface area contributed by atoms with E-state index in [1.165, 1.54) is 19.2 Å². The first-order valence-electron chi connectivity index (χ1n) is 6.26. The number of ether oxygens (including phenoxy) is 2. The highest BCUT2D eigenvalue weighted by Gasteiger charge is 2.22. The molecule has 1 heterocycles. The van der Waals surface area contributed by atoms with E-state index in [2.05, 4.69) is 22.3 Å². The van der Waals surface area contributed by atoms with Gasteiger partial charge in [0, 0.05) is 0 Å². The van der Waals surface area contributed by atoms with Crippen LogP contribution in [0.3, 0.4) is 0 Å². The van der Waals surface area contributed by atoms with Crippen molar-refractivity contribution in [3.05, 3.63) is 6.33 Å². The van der Waals surface area contributed by atoms with Crippen LogP contribution < -0.4 is 20.7 Å². The topological polar surface area (TPSA) is 82.3 Å². The largest absolute Gasteiger partial charge is 0.489 e. The molecule has 1 aromatic rings. The molecule has 3 N–H and O–H groups in total. The molecule has 1 aliphatic carbocycles. The Bertz CT molecular complexity index is 392. The summed E-state index contributed by atoms with van der Waals surface area (Å²) in [7, 11) is 1.55. The second-order valence-corrected chi connectivity index (χ2v) is 4.70. The number of nitrogens with one attached hydrogen (secondary N) is 1. The third kappa shape index (κ3) is 2.81. The number of nitrogen functional groups attached to an aromatic ring is 1. The van der Waals surface area contributed by atoms with Crippen LogP contribution in [0.1, 0.15) is 32.6 Å². The Kier molecular flexibility index (Phi) is 4.19. The summed E-state index contributed by atoms with van der Waals surface area (Å²) in [5, 5.41) is 0. The first kappa shape index (κ1) is 12.9. The molecule has 0 spiro atoms. The van der Waals surface area contributed by atoms with Crippen molar-refractivity contribution in [2.45, 2.75) is 38.7 Å². The average molecular weight is 252 g/mol. The quantitative estimate of drug-likeness (QED) is 0.627. The molecule has 2 rings (SSSR count). The Labute approximate surface area is 107 Å². The Balaban J connectivity index is 2.09. The van der Waals surface area contributed by atoms with Crippen molar-refractivity contribution < 1.29 is 9.47 Å². The van der Waals surface area contributed by atoms with Crippen LogP contribution in [0.2, 0.25) is 0 Å². The fourth-order valence-electron chi connectivity index (χ4n) is 2.23. The molecule has 6 nitrogen and oxygen atoms in total. The van der Waals surface area contributed by atoms with Gasteiger partial charge in [-0.25, -0.2) is 10.8 Å². The van der Waals surface area contributed by atoms with Crippen molar-refractivity contribution >= 4 is 5.82 Å². The summed E-state index contributed by atoms with van der Waals surface area (Å²) in [4.78, 5) is 8.10. The lowest BCUT2D eigenvalue weighted by molar-refractivity contribution is 0.125. The van der Waals surface area contributed by atoms with Crippen LogP contribution in [0.4, 0.5) is 5.82 Å². The van der Waals surface area contributed by atoms with Gasteiger partial charge in [0.2, 0.25) is 5.75 Å². The number of hydrogen-bond acceptors (Lipinski definition) is 6. The van der Waals surface area contributed by atoms with Crippen LogP contribution in [0, 0.1) is 5.92 Å². The summed E-state index contributed by atoms with van der Waals surface area (Å²) in [6, 6.07) is 0. The molecule has 6 heteroatoms. The minimum absolute atomic E-state index is 0.204. The molecule has 0 bridgehead atoms. The summed E-state index contributed by atoms with van der Waals surface area (Å²) in [6.07, 6.45) is 6.12. The lowest BCUT2D eigenvalue weighted by Gasteiger charge is -2.26. The molecule has 0 amide bonds. The molecule has 1 aliphatic rings. The van der Waals surface area contributed by atoms with E-state index < -0.39 is 0 Å². The molecule has 100 valence electrons. The predicted molar refractivity (Wildman–Crippen MR) is 68.4 cm³/mol. The fourth-order valence-corrected chi connectivity index (χ4v) is 2.23. The van der Waals surface area contributed by atoms with E-state index in [0.717, 1.165) is 18.8 Å². The van der Waals surface area contributed by atoms with E-state index in [9.17, 15) is 0 Å². The fraction of sp³-hybridized carbons (Fsp3) is 0.667. The normalized spacial score (nSPS) is 23.5. The number of hydrazine groups is 1. The van der Waals surface area contributed by atoms with Crippen molar-refractivity contribution in [3.63, 3.8) is 0 Å². The van der Waals surface area contributed by atoms with Crippen LogP contribution in [-0.2, 0) is 0 Å². The molecule has 0 radical (unpaired) electrons. The SMILES string of the molecule is COc1c(NN)ncnc1OC1CCC(C)CC1. The Morgan fingerprint density at radius 1 is 1.28 bits per heavy atom. The molecule has 1 saturated carbocycles. The van der Waals surface area contributed by atoms with E-state index in [0.29, 0.717) is 17.4 Å². The minimum Gasteiger partial charge on any atom is -0.489 e. The first-order chi connectivity index (χ1) is 8.74. The molecule has 0 unspecified atom stereocenters. The van der Waals surface area contributed by atoms with Gasteiger partial charge in [-0.1, -0.05) is 6.92 Å². The summed E-state index contributed by atoms with van der Waals surface area (Å²) < 4.78 is 11.1. The number of nitrogens with two attached hydrogens (primary N) is 1. The molecular formula is C12H20N4O2. The summed E-state index contributed by atoms with van der Waals surface area (Å²) in [5.74, 6) is 7.51. The average Bonchev–Trinajstić information content (AvgIpc) is 2.41. The van der Waals surface area contributed by atoms with Gasteiger partial charge in [-0.05, 0) is 31.6 Å². The number of hydrogen-bond donors (Lipinski definition) is 2.